The molecule has 7 heteroatoms. The fraction of sp³-hybridized carbons (Fsp3) is 0.385. The van der Waals surface area contributed by atoms with Gasteiger partial charge in [-0.25, -0.2) is 4.79 Å². The molecule has 0 aromatic carbocycles. The first-order valence-corrected chi connectivity index (χ1v) is 6.29. The highest BCUT2D eigenvalue weighted by Crippen LogP contribution is 1.98. The molecule has 0 saturated carbocycles. The summed E-state index contributed by atoms with van der Waals surface area (Å²) < 4.78 is 1.08. The molecule has 0 aliphatic rings. The van der Waals surface area contributed by atoms with Gasteiger partial charge in [0.25, 0.3) is 5.56 Å². The number of rotatable bonds is 5. The quantitative estimate of drug-likeness (QED) is 0.798. The number of nitrogens with zero attached hydrogens (tertiary/aromatic N) is 4. The summed E-state index contributed by atoms with van der Waals surface area (Å²) >= 11 is 0. The van der Waals surface area contributed by atoms with Crippen molar-refractivity contribution in [3.63, 3.8) is 0 Å². The van der Waals surface area contributed by atoms with Crippen LogP contribution in [0.25, 0.3) is 0 Å². The van der Waals surface area contributed by atoms with Gasteiger partial charge in [-0.15, -0.1) is 0 Å². The highest BCUT2D eigenvalue weighted by atomic mass is 16.2. The number of aromatic amines is 1. The van der Waals surface area contributed by atoms with Crippen molar-refractivity contribution in [1.29, 1.82) is 0 Å². The highest BCUT2D eigenvalue weighted by Gasteiger charge is 2.07. The molecule has 0 atom stereocenters. The van der Waals surface area contributed by atoms with E-state index in [1.165, 1.54) is 13.2 Å². The fourth-order valence-electron chi connectivity index (χ4n) is 1.87. The van der Waals surface area contributed by atoms with Gasteiger partial charge in [0.05, 0.1) is 5.69 Å². The molecule has 2 aromatic rings. The number of nitrogens with one attached hydrogen (secondary N) is 1. The van der Waals surface area contributed by atoms with Crippen LogP contribution in [-0.4, -0.2) is 38.0 Å². The van der Waals surface area contributed by atoms with Crippen LogP contribution in [0.1, 0.15) is 11.3 Å². The van der Waals surface area contributed by atoms with Crippen molar-refractivity contribution < 1.29 is 0 Å². The summed E-state index contributed by atoms with van der Waals surface area (Å²) in [4.78, 5) is 35.9. The van der Waals surface area contributed by atoms with Gasteiger partial charge < -0.3 is 9.88 Å². The van der Waals surface area contributed by atoms with Gasteiger partial charge in [-0.3, -0.25) is 19.3 Å². The van der Waals surface area contributed by atoms with Crippen molar-refractivity contribution in [2.45, 2.75) is 13.0 Å². The molecule has 0 radical (unpaired) electrons. The lowest BCUT2D eigenvalue weighted by atomic mass is 10.2. The fourth-order valence-corrected chi connectivity index (χ4v) is 1.87. The van der Waals surface area contributed by atoms with Crippen LogP contribution >= 0.6 is 0 Å². The molecule has 7 nitrogen and oxygen atoms in total. The van der Waals surface area contributed by atoms with Gasteiger partial charge in [-0.05, 0) is 13.5 Å². The lowest BCUT2D eigenvalue weighted by Crippen LogP contribution is -2.35. The molecule has 1 N–H and O–H groups in total. The SMILES string of the molecule is CN(CCc1c[nH]c(=O)n(C)c1=O)Cc1cnccn1. The van der Waals surface area contributed by atoms with Crippen molar-refractivity contribution in [1.82, 2.24) is 24.4 Å². The van der Waals surface area contributed by atoms with E-state index in [-0.39, 0.29) is 5.56 Å². The molecule has 106 valence electrons. The molecular weight excluding hydrogens is 258 g/mol. The van der Waals surface area contributed by atoms with Crippen molar-refractivity contribution >= 4 is 0 Å². The predicted octanol–water partition coefficient (Wildman–Crippen LogP) is -0.462. The lowest BCUT2D eigenvalue weighted by Gasteiger charge is -2.15. The van der Waals surface area contributed by atoms with E-state index in [1.807, 2.05) is 7.05 Å². The van der Waals surface area contributed by atoms with E-state index in [2.05, 4.69) is 19.9 Å². The van der Waals surface area contributed by atoms with Crippen LogP contribution in [0.2, 0.25) is 0 Å². The third-order valence-corrected chi connectivity index (χ3v) is 3.07. The van der Waals surface area contributed by atoms with Crippen molar-refractivity contribution in [3.8, 4) is 0 Å². The average Bonchev–Trinajstić information content (AvgIpc) is 2.45. The smallest absolute Gasteiger partial charge is 0.314 e. The summed E-state index contributed by atoms with van der Waals surface area (Å²) in [6.07, 6.45) is 7.06. The molecule has 0 aliphatic heterocycles. The Hall–Kier alpha value is -2.28. The molecule has 0 saturated heterocycles. The summed E-state index contributed by atoms with van der Waals surface area (Å²) in [5.74, 6) is 0. The second kappa shape index (κ2) is 6.25. The molecule has 0 unspecified atom stereocenters. The minimum atomic E-state index is -0.397. The van der Waals surface area contributed by atoms with Gasteiger partial charge in [0, 0.05) is 50.5 Å². The summed E-state index contributed by atoms with van der Waals surface area (Å²) in [6, 6.07) is 0. The van der Waals surface area contributed by atoms with E-state index in [0.717, 1.165) is 10.3 Å². The van der Waals surface area contributed by atoms with Gasteiger partial charge in [0.2, 0.25) is 0 Å². The molecule has 20 heavy (non-hydrogen) atoms. The maximum Gasteiger partial charge on any atom is 0.328 e. The first-order valence-electron chi connectivity index (χ1n) is 6.29. The zero-order valence-corrected chi connectivity index (χ0v) is 11.5. The van der Waals surface area contributed by atoms with E-state index in [1.54, 1.807) is 18.6 Å². The summed E-state index contributed by atoms with van der Waals surface area (Å²) in [7, 11) is 3.42. The zero-order valence-electron chi connectivity index (χ0n) is 11.5. The summed E-state index contributed by atoms with van der Waals surface area (Å²) in [5.41, 5.74) is 0.829. The first kappa shape index (κ1) is 14.1. The summed E-state index contributed by atoms with van der Waals surface area (Å²) in [5, 5.41) is 0. The van der Waals surface area contributed by atoms with E-state index in [9.17, 15) is 9.59 Å². The van der Waals surface area contributed by atoms with Gasteiger partial charge in [0.1, 0.15) is 0 Å². The van der Waals surface area contributed by atoms with E-state index in [4.69, 9.17) is 0 Å². The minimum absolute atomic E-state index is 0.248. The predicted molar refractivity (Wildman–Crippen MR) is 74.4 cm³/mol. The maximum atomic E-state index is 11.9. The Morgan fingerprint density at radius 2 is 2.15 bits per heavy atom. The van der Waals surface area contributed by atoms with Gasteiger partial charge in [-0.2, -0.15) is 0 Å². The summed E-state index contributed by atoms with van der Waals surface area (Å²) in [6.45, 7) is 1.36. The van der Waals surface area contributed by atoms with Crippen LogP contribution in [0.5, 0.6) is 0 Å². The largest absolute Gasteiger partial charge is 0.328 e. The Bertz CT molecular complexity index is 677. The molecule has 0 spiro atoms. The molecule has 0 bridgehead atoms. The van der Waals surface area contributed by atoms with E-state index < -0.39 is 5.69 Å². The third-order valence-electron chi connectivity index (χ3n) is 3.07. The zero-order chi connectivity index (χ0) is 14.5. The Balaban J connectivity index is 1.97. The number of hydrogen-bond donors (Lipinski definition) is 1. The topological polar surface area (TPSA) is 83.9 Å². The van der Waals surface area contributed by atoms with Crippen LogP contribution in [0.3, 0.4) is 0 Å². The number of aromatic nitrogens is 4. The van der Waals surface area contributed by atoms with Crippen LogP contribution in [-0.2, 0) is 20.0 Å². The lowest BCUT2D eigenvalue weighted by molar-refractivity contribution is 0.326. The normalized spacial score (nSPS) is 10.9. The monoisotopic (exact) mass is 275 g/mol. The molecule has 0 aliphatic carbocycles. The molecule has 2 heterocycles. The molecule has 0 amide bonds. The second-order valence-electron chi connectivity index (χ2n) is 4.67. The Labute approximate surface area is 115 Å². The Morgan fingerprint density at radius 1 is 1.35 bits per heavy atom. The number of likely N-dealkylation sites (N-methyl/N-ethyl adjacent to an activating group) is 1. The van der Waals surface area contributed by atoms with E-state index >= 15 is 0 Å². The average molecular weight is 275 g/mol. The van der Waals surface area contributed by atoms with E-state index in [0.29, 0.717) is 25.1 Å². The Kier molecular flexibility index (Phi) is 4.41. The van der Waals surface area contributed by atoms with Crippen LogP contribution in [0.4, 0.5) is 0 Å². The number of H-pyrrole nitrogens is 1. The van der Waals surface area contributed by atoms with Crippen molar-refractivity contribution in [2.24, 2.45) is 7.05 Å². The second-order valence-corrected chi connectivity index (χ2v) is 4.67. The Morgan fingerprint density at radius 3 is 2.85 bits per heavy atom. The van der Waals surface area contributed by atoms with Gasteiger partial charge in [-0.1, -0.05) is 0 Å². The molecule has 0 fully saturated rings. The minimum Gasteiger partial charge on any atom is -0.314 e. The number of hydrogen-bond acceptors (Lipinski definition) is 5. The molecular formula is C13H17N5O2. The first-order chi connectivity index (χ1) is 9.58. The van der Waals surface area contributed by atoms with Crippen LogP contribution < -0.4 is 11.2 Å². The van der Waals surface area contributed by atoms with Gasteiger partial charge >= 0.3 is 5.69 Å². The van der Waals surface area contributed by atoms with Gasteiger partial charge in [0.15, 0.2) is 0 Å². The standard InChI is InChI=1S/C13H17N5O2/c1-17(9-11-8-14-4-5-15-11)6-3-10-7-16-13(20)18(2)12(10)19/h4-5,7-8H,3,6,9H2,1-2H3,(H,16,20). The van der Waals surface area contributed by atoms with Crippen LogP contribution in [0, 0.1) is 0 Å². The molecule has 2 aromatic heterocycles. The highest BCUT2D eigenvalue weighted by molar-refractivity contribution is 5.05. The van der Waals surface area contributed by atoms with Crippen molar-refractivity contribution in [3.05, 3.63) is 56.9 Å². The third kappa shape index (κ3) is 3.39. The van der Waals surface area contributed by atoms with Crippen molar-refractivity contribution in [2.75, 3.05) is 13.6 Å². The molecule has 2 rings (SSSR count). The van der Waals surface area contributed by atoms with Crippen LogP contribution in [0.15, 0.2) is 34.4 Å². The maximum absolute atomic E-state index is 11.9.